The standard InChI is InChI=1S/C26H22ClN3O6S/c1-3-15-13-22(23(14-21(15)27)37(33,34)35)29-30-24-19-7-5-4-6-16(19)12-20(25(24)31)26(32)28-17-8-10-18(36-2)11-9-17/h4-14,31H,3H2,1-2H3,(H,28,32)(H,33,34,35). The van der Waals surface area contributed by atoms with Crippen molar-refractivity contribution in [1.82, 2.24) is 0 Å². The first-order chi connectivity index (χ1) is 17.6. The lowest BCUT2D eigenvalue weighted by Crippen LogP contribution is -2.12. The third kappa shape index (κ3) is 5.56. The number of hydrogen-bond donors (Lipinski definition) is 3. The predicted molar refractivity (Wildman–Crippen MR) is 141 cm³/mol. The molecule has 37 heavy (non-hydrogen) atoms. The zero-order valence-corrected chi connectivity index (χ0v) is 21.3. The van der Waals surface area contributed by atoms with Crippen LogP contribution in [0.1, 0.15) is 22.8 Å². The fourth-order valence-corrected chi connectivity index (χ4v) is 4.70. The number of nitrogens with zero attached hydrogens (tertiary/aromatic N) is 2. The number of ether oxygens (including phenoxy) is 1. The SMILES string of the molecule is CCc1cc(N=Nc2c(O)c(C(=O)Nc3ccc(OC)cc3)cc3ccccc23)c(S(=O)(=O)O)cc1Cl. The van der Waals surface area contributed by atoms with Crippen molar-refractivity contribution in [2.45, 2.75) is 18.2 Å². The van der Waals surface area contributed by atoms with E-state index in [0.29, 0.717) is 34.2 Å². The first kappa shape index (κ1) is 26.1. The van der Waals surface area contributed by atoms with Crippen molar-refractivity contribution < 1.29 is 27.6 Å². The molecule has 4 aromatic carbocycles. The van der Waals surface area contributed by atoms with Gasteiger partial charge in [0.2, 0.25) is 0 Å². The van der Waals surface area contributed by atoms with E-state index in [2.05, 4.69) is 15.5 Å². The van der Waals surface area contributed by atoms with Crippen LogP contribution >= 0.6 is 11.6 Å². The number of methoxy groups -OCH3 is 1. The fourth-order valence-electron chi connectivity index (χ4n) is 3.71. The van der Waals surface area contributed by atoms with Crippen molar-refractivity contribution in [2.24, 2.45) is 10.2 Å². The summed E-state index contributed by atoms with van der Waals surface area (Å²) in [5.74, 6) is -0.429. The molecule has 11 heteroatoms. The number of nitrogens with one attached hydrogen (secondary N) is 1. The Bertz CT molecular complexity index is 1640. The van der Waals surface area contributed by atoms with Crippen LogP contribution in [-0.4, -0.2) is 31.1 Å². The molecule has 0 saturated carbocycles. The average Bonchev–Trinajstić information content (AvgIpc) is 2.88. The normalized spacial score (nSPS) is 11.7. The number of phenols is 1. The van der Waals surface area contributed by atoms with Crippen molar-refractivity contribution in [1.29, 1.82) is 0 Å². The van der Waals surface area contributed by atoms with Crippen molar-refractivity contribution in [3.05, 3.63) is 82.9 Å². The molecule has 0 heterocycles. The summed E-state index contributed by atoms with van der Waals surface area (Å²) in [5.41, 5.74) is 0.786. The van der Waals surface area contributed by atoms with Crippen molar-refractivity contribution >= 4 is 55.5 Å². The predicted octanol–water partition coefficient (Wildman–Crippen LogP) is 6.68. The largest absolute Gasteiger partial charge is 0.505 e. The summed E-state index contributed by atoms with van der Waals surface area (Å²) in [5, 5.41) is 23.1. The van der Waals surface area contributed by atoms with E-state index < -0.39 is 26.7 Å². The summed E-state index contributed by atoms with van der Waals surface area (Å²) in [7, 11) is -3.14. The zero-order valence-electron chi connectivity index (χ0n) is 19.8. The number of hydrogen-bond acceptors (Lipinski definition) is 7. The molecule has 4 rings (SSSR count). The Kier molecular flexibility index (Phi) is 7.44. The Hall–Kier alpha value is -3.99. The maximum Gasteiger partial charge on any atom is 0.296 e. The summed E-state index contributed by atoms with van der Waals surface area (Å²) in [6, 6.07) is 17.6. The van der Waals surface area contributed by atoms with Gasteiger partial charge >= 0.3 is 0 Å². The highest BCUT2D eigenvalue weighted by atomic mass is 35.5. The molecular formula is C26H22ClN3O6S. The summed E-state index contributed by atoms with van der Waals surface area (Å²) in [6.07, 6.45) is 0.475. The van der Waals surface area contributed by atoms with Crippen LogP contribution < -0.4 is 10.1 Å². The molecule has 1 amide bonds. The highest BCUT2D eigenvalue weighted by Gasteiger charge is 2.21. The molecule has 0 fully saturated rings. The van der Waals surface area contributed by atoms with Gasteiger partial charge in [0.25, 0.3) is 16.0 Å². The molecule has 0 spiro atoms. The monoisotopic (exact) mass is 539 g/mol. The van der Waals surface area contributed by atoms with E-state index in [1.165, 1.54) is 19.2 Å². The third-order valence-electron chi connectivity index (χ3n) is 5.63. The van der Waals surface area contributed by atoms with E-state index in [-0.39, 0.29) is 22.0 Å². The van der Waals surface area contributed by atoms with Gasteiger partial charge in [-0.15, -0.1) is 10.2 Å². The van der Waals surface area contributed by atoms with Gasteiger partial charge in [0.15, 0.2) is 5.75 Å². The van der Waals surface area contributed by atoms with Crippen molar-refractivity contribution in [2.75, 3.05) is 12.4 Å². The summed E-state index contributed by atoms with van der Waals surface area (Å²) >= 11 is 6.13. The number of aryl methyl sites for hydroxylation is 1. The number of fused-ring (bicyclic) bond motifs is 1. The quantitative estimate of drug-likeness (QED) is 0.177. The van der Waals surface area contributed by atoms with Gasteiger partial charge in [-0.1, -0.05) is 42.8 Å². The van der Waals surface area contributed by atoms with Gasteiger partial charge in [-0.05, 0) is 59.8 Å². The number of rotatable bonds is 7. The second-order valence-corrected chi connectivity index (χ2v) is 9.76. The van der Waals surface area contributed by atoms with Gasteiger partial charge in [-0.3, -0.25) is 9.35 Å². The molecule has 0 aromatic heterocycles. The number of anilines is 1. The number of phenolic OH excluding ortho intramolecular Hbond substituents is 1. The molecule has 0 saturated heterocycles. The van der Waals surface area contributed by atoms with E-state index in [1.807, 2.05) is 6.92 Å². The molecule has 0 radical (unpaired) electrons. The summed E-state index contributed by atoms with van der Waals surface area (Å²) in [6.45, 7) is 1.82. The minimum Gasteiger partial charge on any atom is -0.505 e. The first-order valence-corrected chi connectivity index (χ1v) is 12.9. The first-order valence-electron chi connectivity index (χ1n) is 11.0. The van der Waals surface area contributed by atoms with E-state index in [1.54, 1.807) is 48.5 Å². The number of azo groups is 1. The minimum atomic E-state index is -4.67. The topological polar surface area (TPSA) is 138 Å². The number of aromatic hydroxyl groups is 1. The zero-order chi connectivity index (χ0) is 26.7. The van der Waals surface area contributed by atoms with Gasteiger partial charge in [0.1, 0.15) is 22.0 Å². The maximum absolute atomic E-state index is 13.1. The molecule has 9 nitrogen and oxygen atoms in total. The number of benzene rings is 4. The van der Waals surface area contributed by atoms with Crippen LogP contribution in [0, 0.1) is 0 Å². The number of carbonyl (C=O) groups is 1. The highest BCUT2D eigenvalue weighted by molar-refractivity contribution is 7.86. The van der Waals surface area contributed by atoms with E-state index in [0.717, 1.165) is 6.07 Å². The Balaban J connectivity index is 1.82. The lowest BCUT2D eigenvalue weighted by Gasteiger charge is -2.12. The molecular weight excluding hydrogens is 518 g/mol. The molecule has 0 aliphatic rings. The van der Waals surface area contributed by atoms with Crippen molar-refractivity contribution in [3.8, 4) is 11.5 Å². The van der Waals surface area contributed by atoms with Gasteiger partial charge in [0.05, 0.1) is 12.7 Å². The molecule has 0 bridgehead atoms. The van der Waals surface area contributed by atoms with Crippen LogP contribution in [-0.2, 0) is 16.5 Å². The Morgan fingerprint density at radius 2 is 1.76 bits per heavy atom. The smallest absolute Gasteiger partial charge is 0.296 e. The molecule has 0 aliphatic heterocycles. The van der Waals surface area contributed by atoms with Gasteiger partial charge in [-0.2, -0.15) is 8.42 Å². The molecule has 3 N–H and O–H groups in total. The summed E-state index contributed by atoms with van der Waals surface area (Å²) < 4.78 is 38.7. The van der Waals surface area contributed by atoms with E-state index in [4.69, 9.17) is 16.3 Å². The Morgan fingerprint density at radius 1 is 1.05 bits per heavy atom. The van der Waals surface area contributed by atoms with Crippen molar-refractivity contribution in [3.63, 3.8) is 0 Å². The third-order valence-corrected chi connectivity index (χ3v) is 6.87. The number of halogens is 1. The lowest BCUT2D eigenvalue weighted by atomic mass is 10.0. The molecule has 0 aliphatic carbocycles. The second kappa shape index (κ2) is 10.6. The van der Waals surface area contributed by atoms with Crippen LogP contribution in [0.4, 0.5) is 17.1 Å². The van der Waals surface area contributed by atoms with E-state index in [9.17, 15) is 22.9 Å². The minimum absolute atomic E-state index is 0.0488. The fraction of sp³-hybridized carbons (Fsp3) is 0.115. The number of amides is 1. The van der Waals surface area contributed by atoms with Gasteiger partial charge in [-0.25, -0.2) is 0 Å². The lowest BCUT2D eigenvalue weighted by molar-refractivity contribution is 0.102. The average molecular weight is 540 g/mol. The Labute approximate surface area is 218 Å². The molecule has 0 unspecified atom stereocenters. The van der Waals surface area contributed by atoms with Crippen LogP contribution in [0.5, 0.6) is 11.5 Å². The second-order valence-electron chi connectivity index (χ2n) is 7.97. The summed E-state index contributed by atoms with van der Waals surface area (Å²) in [4.78, 5) is 12.5. The molecule has 190 valence electrons. The van der Waals surface area contributed by atoms with Crippen LogP contribution in [0.15, 0.2) is 81.9 Å². The highest BCUT2D eigenvalue weighted by Crippen LogP contribution is 2.40. The molecule has 0 atom stereocenters. The van der Waals surface area contributed by atoms with Crippen LogP contribution in [0.3, 0.4) is 0 Å². The van der Waals surface area contributed by atoms with Gasteiger partial charge in [0, 0.05) is 16.1 Å². The maximum atomic E-state index is 13.1. The molecule has 4 aromatic rings. The van der Waals surface area contributed by atoms with Gasteiger partial charge < -0.3 is 15.2 Å². The van der Waals surface area contributed by atoms with E-state index >= 15 is 0 Å². The van der Waals surface area contributed by atoms with Crippen LogP contribution in [0.2, 0.25) is 5.02 Å². The Morgan fingerprint density at radius 3 is 2.41 bits per heavy atom. The number of carbonyl (C=O) groups excluding carboxylic acids is 1. The van der Waals surface area contributed by atoms with Crippen LogP contribution in [0.25, 0.3) is 10.8 Å².